The van der Waals surface area contributed by atoms with Crippen LogP contribution in [-0.4, -0.2) is 32.7 Å². The van der Waals surface area contributed by atoms with Crippen molar-refractivity contribution in [3.63, 3.8) is 0 Å². The number of aryl methyl sites for hydroxylation is 1. The molecule has 3 aromatic rings. The Kier molecular flexibility index (Phi) is 4.05. The predicted molar refractivity (Wildman–Crippen MR) is 100 cm³/mol. The molecular formula is C20H23N3O3. The van der Waals surface area contributed by atoms with Crippen LogP contribution in [0.15, 0.2) is 33.6 Å². The molecule has 0 saturated carbocycles. The first kappa shape index (κ1) is 16.8. The van der Waals surface area contributed by atoms with E-state index in [1.54, 1.807) is 10.7 Å². The van der Waals surface area contributed by atoms with Crippen LogP contribution in [0.5, 0.6) is 0 Å². The van der Waals surface area contributed by atoms with E-state index in [1.165, 1.54) is 6.20 Å². The topological polar surface area (TPSA) is 68.3 Å². The summed E-state index contributed by atoms with van der Waals surface area (Å²) < 4.78 is 7.04. The second-order valence-electron chi connectivity index (χ2n) is 7.38. The van der Waals surface area contributed by atoms with E-state index in [9.17, 15) is 9.59 Å². The monoisotopic (exact) mass is 353 g/mol. The van der Waals surface area contributed by atoms with E-state index in [1.807, 2.05) is 24.0 Å². The van der Waals surface area contributed by atoms with Gasteiger partial charge in [-0.05, 0) is 52.2 Å². The first-order valence-corrected chi connectivity index (χ1v) is 9.16. The Morgan fingerprint density at radius 3 is 2.69 bits per heavy atom. The van der Waals surface area contributed by atoms with E-state index < -0.39 is 5.63 Å². The lowest BCUT2D eigenvalue weighted by Crippen LogP contribution is -2.48. The van der Waals surface area contributed by atoms with Crippen LogP contribution in [0.1, 0.15) is 38.7 Å². The van der Waals surface area contributed by atoms with Gasteiger partial charge in [0.2, 0.25) is 5.91 Å². The van der Waals surface area contributed by atoms with Crippen molar-refractivity contribution in [2.45, 2.75) is 58.7 Å². The molecule has 0 unspecified atom stereocenters. The smallest absolute Gasteiger partial charge is 0.347 e. The highest BCUT2D eigenvalue weighted by molar-refractivity contribution is 6.02. The minimum Gasteiger partial charge on any atom is -0.422 e. The molecule has 136 valence electrons. The lowest BCUT2D eigenvalue weighted by Gasteiger charge is -2.39. The Balaban J connectivity index is 1.80. The maximum absolute atomic E-state index is 13.0. The minimum atomic E-state index is -0.422. The third kappa shape index (κ3) is 2.69. The molecule has 0 bridgehead atoms. The van der Waals surface area contributed by atoms with Crippen LogP contribution >= 0.6 is 0 Å². The average Bonchev–Trinajstić information content (AvgIpc) is 3.00. The quantitative estimate of drug-likeness (QED) is 0.663. The van der Waals surface area contributed by atoms with Gasteiger partial charge in [0.25, 0.3) is 0 Å². The molecule has 1 fully saturated rings. The fraction of sp³-hybridized carbons (Fsp3) is 0.450. The van der Waals surface area contributed by atoms with Gasteiger partial charge in [0.15, 0.2) is 0 Å². The summed E-state index contributed by atoms with van der Waals surface area (Å²) in [5.41, 5.74) is 1.83. The summed E-state index contributed by atoms with van der Waals surface area (Å²) in [6.07, 6.45) is 4.71. The second-order valence-corrected chi connectivity index (χ2v) is 7.38. The average molecular weight is 353 g/mol. The summed E-state index contributed by atoms with van der Waals surface area (Å²) in [6.45, 7) is 6.31. The molecule has 1 aliphatic rings. The van der Waals surface area contributed by atoms with Crippen molar-refractivity contribution < 1.29 is 9.21 Å². The molecule has 2 atom stereocenters. The Morgan fingerprint density at radius 1 is 1.23 bits per heavy atom. The molecule has 1 saturated heterocycles. The zero-order valence-electron chi connectivity index (χ0n) is 15.4. The number of piperidine rings is 1. The Labute approximate surface area is 151 Å². The van der Waals surface area contributed by atoms with E-state index in [0.29, 0.717) is 16.5 Å². The number of benzene rings is 1. The molecule has 0 aliphatic carbocycles. The predicted octanol–water partition coefficient (Wildman–Crippen LogP) is 3.24. The molecule has 6 nitrogen and oxygen atoms in total. The number of fused-ring (bicyclic) bond motifs is 3. The fourth-order valence-corrected chi connectivity index (χ4v) is 4.13. The first-order chi connectivity index (χ1) is 12.5. The summed E-state index contributed by atoms with van der Waals surface area (Å²) in [5.74, 6) is 0.0451. The highest BCUT2D eigenvalue weighted by Gasteiger charge is 2.29. The number of carbonyl (C=O) groups excluding carboxylic acids is 1. The van der Waals surface area contributed by atoms with Crippen molar-refractivity contribution in [1.29, 1.82) is 0 Å². The van der Waals surface area contributed by atoms with Crippen LogP contribution in [0.2, 0.25) is 0 Å². The van der Waals surface area contributed by atoms with Gasteiger partial charge in [0, 0.05) is 17.5 Å². The van der Waals surface area contributed by atoms with Gasteiger partial charge in [0.05, 0.1) is 11.7 Å². The third-order valence-electron chi connectivity index (χ3n) is 5.42. The summed E-state index contributed by atoms with van der Waals surface area (Å²) in [7, 11) is 0. The molecular weight excluding hydrogens is 330 g/mol. The molecule has 0 N–H and O–H groups in total. The van der Waals surface area contributed by atoms with Gasteiger partial charge in [-0.15, -0.1) is 0 Å². The van der Waals surface area contributed by atoms with E-state index in [0.717, 1.165) is 30.2 Å². The Bertz CT molecular complexity index is 1040. The maximum Gasteiger partial charge on any atom is 0.347 e. The molecule has 1 aliphatic heterocycles. The molecule has 1 amide bonds. The molecule has 26 heavy (non-hydrogen) atoms. The minimum absolute atomic E-state index is 0.0451. The number of carbonyl (C=O) groups is 1. The van der Waals surface area contributed by atoms with E-state index >= 15 is 0 Å². The zero-order valence-corrected chi connectivity index (χ0v) is 15.4. The zero-order chi connectivity index (χ0) is 18.4. The number of rotatable bonds is 2. The summed E-state index contributed by atoms with van der Waals surface area (Å²) in [5, 5.41) is 5.55. The van der Waals surface area contributed by atoms with Gasteiger partial charge >= 0.3 is 5.63 Å². The van der Waals surface area contributed by atoms with E-state index in [4.69, 9.17) is 4.42 Å². The number of aromatic nitrogens is 2. The fourth-order valence-electron chi connectivity index (χ4n) is 4.13. The van der Waals surface area contributed by atoms with Gasteiger partial charge in [-0.1, -0.05) is 11.6 Å². The summed E-state index contributed by atoms with van der Waals surface area (Å²) in [6, 6.07) is 6.13. The number of amides is 1. The van der Waals surface area contributed by atoms with Crippen molar-refractivity contribution in [3.8, 4) is 0 Å². The molecule has 0 radical (unpaired) electrons. The van der Waals surface area contributed by atoms with Crippen molar-refractivity contribution in [2.24, 2.45) is 0 Å². The number of hydrogen-bond donors (Lipinski definition) is 0. The van der Waals surface area contributed by atoms with E-state index in [2.05, 4.69) is 18.9 Å². The number of hydrogen-bond acceptors (Lipinski definition) is 4. The molecule has 6 heteroatoms. The molecule has 1 aromatic carbocycles. The third-order valence-corrected chi connectivity index (χ3v) is 5.42. The normalized spacial score (nSPS) is 20.8. The Morgan fingerprint density at radius 2 is 1.96 bits per heavy atom. The van der Waals surface area contributed by atoms with E-state index in [-0.39, 0.29) is 24.5 Å². The van der Waals surface area contributed by atoms with Gasteiger partial charge in [-0.3, -0.25) is 9.48 Å². The largest absolute Gasteiger partial charge is 0.422 e. The van der Waals surface area contributed by atoms with Crippen LogP contribution in [0.3, 0.4) is 0 Å². The summed E-state index contributed by atoms with van der Waals surface area (Å²) in [4.78, 5) is 27.2. The Hall–Kier alpha value is -2.63. The second kappa shape index (κ2) is 6.27. The standard InChI is InChI=1S/C20H23N3O3/c1-12-7-8-17-15(9-12)19-16(20(25)26-17)10-21-22(19)11-18(24)23-13(2)5-4-6-14(23)3/h7-10,13-14H,4-6,11H2,1-3H3/t13-,14-/m1/s1. The van der Waals surface area contributed by atoms with Crippen molar-refractivity contribution in [3.05, 3.63) is 40.4 Å². The van der Waals surface area contributed by atoms with Gasteiger partial charge in [-0.2, -0.15) is 5.10 Å². The van der Waals surface area contributed by atoms with Crippen LogP contribution in [0.25, 0.3) is 21.9 Å². The van der Waals surface area contributed by atoms with Gasteiger partial charge in [-0.25, -0.2) is 4.79 Å². The summed E-state index contributed by atoms with van der Waals surface area (Å²) >= 11 is 0. The lowest BCUT2D eigenvalue weighted by atomic mass is 9.97. The van der Waals surface area contributed by atoms with Crippen LogP contribution in [-0.2, 0) is 11.3 Å². The number of nitrogens with zero attached hydrogens (tertiary/aromatic N) is 3. The highest BCUT2D eigenvalue weighted by Crippen LogP contribution is 2.26. The van der Waals surface area contributed by atoms with Crippen LogP contribution in [0.4, 0.5) is 0 Å². The lowest BCUT2D eigenvalue weighted by molar-refractivity contribution is -0.138. The van der Waals surface area contributed by atoms with Gasteiger partial charge < -0.3 is 9.32 Å². The van der Waals surface area contributed by atoms with Crippen molar-refractivity contribution in [2.75, 3.05) is 0 Å². The highest BCUT2D eigenvalue weighted by atomic mass is 16.4. The van der Waals surface area contributed by atoms with Crippen LogP contribution < -0.4 is 5.63 Å². The van der Waals surface area contributed by atoms with Crippen LogP contribution in [0, 0.1) is 6.92 Å². The molecule has 3 heterocycles. The van der Waals surface area contributed by atoms with Gasteiger partial charge in [0.1, 0.15) is 17.5 Å². The molecule has 2 aromatic heterocycles. The molecule has 0 spiro atoms. The molecule has 4 rings (SSSR count). The van der Waals surface area contributed by atoms with Crippen molar-refractivity contribution in [1.82, 2.24) is 14.7 Å². The number of likely N-dealkylation sites (tertiary alicyclic amines) is 1. The van der Waals surface area contributed by atoms with Crippen molar-refractivity contribution >= 4 is 27.8 Å². The maximum atomic E-state index is 13.0. The first-order valence-electron chi connectivity index (χ1n) is 9.16. The SMILES string of the molecule is Cc1ccc2oc(=O)c3cnn(CC(=O)N4[C@H](C)CCC[C@H]4C)c3c2c1.